The van der Waals surface area contributed by atoms with Gasteiger partial charge < -0.3 is 0 Å². The van der Waals surface area contributed by atoms with E-state index in [1.165, 1.54) is 34.9 Å². The van der Waals surface area contributed by atoms with Crippen LogP contribution in [0.2, 0.25) is 0 Å². The van der Waals surface area contributed by atoms with Crippen LogP contribution in [0.25, 0.3) is 0 Å². The lowest BCUT2D eigenvalue weighted by Crippen LogP contribution is -2.29. The van der Waals surface area contributed by atoms with Gasteiger partial charge >= 0.3 is 0 Å². The van der Waals surface area contributed by atoms with Crippen LogP contribution in [0.15, 0.2) is 48.7 Å². The average Bonchev–Trinajstić information content (AvgIpc) is 2.83. The van der Waals surface area contributed by atoms with Gasteiger partial charge in [-0.3, -0.25) is 24.8 Å². The first-order chi connectivity index (χ1) is 10.6. The summed E-state index contributed by atoms with van der Waals surface area (Å²) >= 11 is 6.48. The number of carbonyl (C=O) groups is 1. The quantitative estimate of drug-likeness (QED) is 0.489. The summed E-state index contributed by atoms with van der Waals surface area (Å²) < 4.78 is 0.362. The van der Waals surface area contributed by atoms with Crippen LogP contribution in [-0.4, -0.2) is 20.1 Å². The number of nitrogens with zero attached hydrogens (tertiary/aromatic N) is 3. The third kappa shape index (κ3) is 2.58. The van der Waals surface area contributed by atoms with Crippen LogP contribution >= 0.6 is 24.0 Å². The molecule has 0 spiro atoms. The van der Waals surface area contributed by atoms with Crippen molar-refractivity contribution in [3.8, 4) is 0 Å². The highest BCUT2D eigenvalue weighted by Crippen LogP contribution is 2.41. The third-order valence-electron chi connectivity index (χ3n) is 3.10. The molecule has 1 fully saturated rings. The van der Waals surface area contributed by atoms with Crippen LogP contribution in [0, 0.1) is 10.1 Å². The van der Waals surface area contributed by atoms with Gasteiger partial charge in [0.15, 0.2) is 0 Å². The molecule has 0 aliphatic carbocycles. The number of rotatable bonds is 3. The molecule has 1 aliphatic heterocycles. The van der Waals surface area contributed by atoms with Gasteiger partial charge in [-0.1, -0.05) is 36.1 Å². The summed E-state index contributed by atoms with van der Waals surface area (Å²) in [5.41, 5.74) is 0.933. The molecule has 1 atom stereocenters. The number of hydrogen-bond donors (Lipinski definition) is 0. The number of hydrogen-bond acceptors (Lipinski definition) is 6. The van der Waals surface area contributed by atoms with E-state index in [1.807, 2.05) is 0 Å². The molecule has 1 aliphatic rings. The predicted octanol–water partition coefficient (Wildman–Crippen LogP) is 3.10. The number of carbonyl (C=O) groups excluding carboxylic acids is 1. The molecule has 2 heterocycles. The molecule has 22 heavy (non-hydrogen) atoms. The molecule has 0 radical (unpaired) electrons. The zero-order chi connectivity index (χ0) is 15.7. The van der Waals surface area contributed by atoms with Crippen molar-refractivity contribution in [3.05, 3.63) is 64.5 Å². The minimum Gasteiger partial charge on any atom is -0.272 e. The molecular formula is C14H9N3O3S2. The van der Waals surface area contributed by atoms with E-state index in [0.29, 0.717) is 15.7 Å². The van der Waals surface area contributed by atoms with Crippen LogP contribution in [0.3, 0.4) is 0 Å². The molecule has 2 aromatic rings. The highest BCUT2D eigenvalue weighted by atomic mass is 32.2. The second kappa shape index (κ2) is 5.82. The number of nitro groups is 1. The highest BCUT2D eigenvalue weighted by Gasteiger charge is 2.39. The SMILES string of the molecule is O=C1C(c2ccccn2)SC(=S)N1c1cccc([N+](=O)[O-])c1. The minimum atomic E-state index is -0.520. The van der Waals surface area contributed by atoms with Crippen molar-refractivity contribution in [3.63, 3.8) is 0 Å². The smallest absolute Gasteiger partial charge is 0.271 e. The maximum Gasteiger partial charge on any atom is 0.271 e. The molecule has 1 aromatic carbocycles. The number of non-ortho nitro benzene ring substituents is 1. The maximum absolute atomic E-state index is 12.6. The molecule has 3 rings (SSSR count). The van der Waals surface area contributed by atoms with Crippen molar-refractivity contribution in [1.82, 2.24) is 4.98 Å². The topological polar surface area (TPSA) is 76.3 Å². The Labute approximate surface area is 135 Å². The molecule has 0 N–H and O–H groups in total. The van der Waals surface area contributed by atoms with Gasteiger partial charge in [-0.05, 0) is 18.2 Å². The van der Waals surface area contributed by atoms with E-state index >= 15 is 0 Å². The second-order valence-corrected chi connectivity index (χ2v) is 6.21. The number of aromatic nitrogens is 1. The van der Waals surface area contributed by atoms with Gasteiger partial charge in [0.25, 0.3) is 11.6 Å². The van der Waals surface area contributed by atoms with Gasteiger partial charge in [-0.15, -0.1) is 0 Å². The van der Waals surface area contributed by atoms with Crippen molar-refractivity contribution in [2.75, 3.05) is 4.90 Å². The fourth-order valence-corrected chi connectivity index (χ4v) is 3.56. The molecule has 110 valence electrons. The summed E-state index contributed by atoms with van der Waals surface area (Å²) in [6, 6.07) is 11.2. The van der Waals surface area contributed by atoms with Crippen molar-refractivity contribution in [2.45, 2.75) is 5.25 Å². The molecule has 1 aromatic heterocycles. The van der Waals surface area contributed by atoms with E-state index in [2.05, 4.69) is 4.98 Å². The lowest BCUT2D eigenvalue weighted by molar-refractivity contribution is -0.384. The minimum absolute atomic E-state index is 0.0839. The Balaban J connectivity index is 1.95. The van der Waals surface area contributed by atoms with E-state index in [0.717, 1.165) is 0 Å². The van der Waals surface area contributed by atoms with Gasteiger partial charge in [0.1, 0.15) is 9.57 Å². The summed E-state index contributed by atoms with van der Waals surface area (Å²) in [7, 11) is 0. The lowest BCUT2D eigenvalue weighted by atomic mass is 10.2. The summed E-state index contributed by atoms with van der Waals surface area (Å²) in [5, 5.41) is 10.4. The Morgan fingerprint density at radius 1 is 1.27 bits per heavy atom. The van der Waals surface area contributed by atoms with Crippen LogP contribution in [0.5, 0.6) is 0 Å². The second-order valence-electron chi connectivity index (χ2n) is 4.47. The third-order valence-corrected chi connectivity index (χ3v) is 4.64. The van der Waals surface area contributed by atoms with Crippen molar-refractivity contribution >= 4 is 45.6 Å². The summed E-state index contributed by atoms with van der Waals surface area (Å²) in [6.45, 7) is 0. The van der Waals surface area contributed by atoms with Crippen molar-refractivity contribution < 1.29 is 9.72 Å². The molecular weight excluding hydrogens is 322 g/mol. The predicted molar refractivity (Wildman–Crippen MR) is 87.7 cm³/mol. The van der Waals surface area contributed by atoms with Gasteiger partial charge in [0.2, 0.25) is 0 Å². The molecule has 1 saturated heterocycles. The number of thioether (sulfide) groups is 1. The summed E-state index contributed by atoms with van der Waals surface area (Å²) in [6.07, 6.45) is 1.61. The first-order valence-corrected chi connectivity index (χ1v) is 7.56. The Morgan fingerprint density at radius 2 is 2.09 bits per heavy atom. The van der Waals surface area contributed by atoms with Crippen LogP contribution in [0.4, 0.5) is 11.4 Å². The fourth-order valence-electron chi connectivity index (χ4n) is 2.11. The van der Waals surface area contributed by atoms with Gasteiger partial charge in [-0.25, -0.2) is 0 Å². The van der Waals surface area contributed by atoms with Crippen LogP contribution in [0.1, 0.15) is 10.9 Å². The normalized spacial score (nSPS) is 17.8. The largest absolute Gasteiger partial charge is 0.272 e. The van der Waals surface area contributed by atoms with E-state index < -0.39 is 10.2 Å². The molecule has 8 heteroatoms. The van der Waals surface area contributed by atoms with E-state index in [4.69, 9.17) is 12.2 Å². The zero-order valence-electron chi connectivity index (χ0n) is 11.1. The summed E-state index contributed by atoms with van der Waals surface area (Å²) in [4.78, 5) is 28.5. The molecule has 1 unspecified atom stereocenters. The monoisotopic (exact) mass is 331 g/mol. The number of anilines is 1. The Hall–Kier alpha value is -2.32. The van der Waals surface area contributed by atoms with Crippen LogP contribution < -0.4 is 4.90 Å². The maximum atomic E-state index is 12.6. The average molecular weight is 331 g/mol. The van der Waals surface area contributed by atoms with Gasteiger partial charge in [0.05, 0.1) is 16.3 Å². The number of pyridine rings is 1. The molecule has 1 amide bonds. The fraction of sp³-hybridized carbons (Fsp3) is 0.0714. The van der Waals surface area contributed by atoms with Gasteiger partial charge in [0, 0.05) is 18.3 Å². The zero-order valence-corrected chi connectivity index (χ0v) is 12.7. The van der Waals surface area contributed by atoms with Crippen LogP contribution in [-0.2, 0) is 4.79 Å². The first kappa shape index (κ1) is 14.6. The number of thiocarbonyl (C=S) groups is 1. The van der Waals surface area contributed by atoms with Gasteiger partial charge in [-0.2, -0.15) is 0 Å². The van der Waals surface area contributed by atoms with Crippen molar-refractivity contribution in [1.29, 1.82) is 0 Å². The molecule has 0 bridgehead atoms. The Kier molecular flexibility index (Phi) is 3.86. The summed E-state index contributed by atoms with van der Waals surface area (Å²) in [5.74, 6) is -0.241. The Bertz CT molecular complexity index is 767. The first-order valence-electron chi connectivity index (χ1n) is 6.28. The standard InChI is InChI=1S/C14H9N3O3S2/c18-13-12(11-6-1-2-7-15-11)22-14(21)16(13)9-4-3-5-10(8-9)17(19)20/h1-8,12H. The van der Waals surface area contributed by atoms with E-state index in [-0.39, 0.29) is 11.6 Å². The number of nitro benzene ring substituents is 1. The lowest BCUT2D eigenvalue weighted by Gasteiger charge is -2.15. The molecule has 0 saturated carbocycles. The number of benzene rings is 1. The Morgan fingerprint density at radius 3 is 2.77 bits per heavy atom. The number of amides is 1. The highest BCUT2D eigenvalue weighted by molar-refractivity contribution is 8.24. The van der Waals surface area contributed by atoms with E-state index in [9.17, 15) is 14.9 Å². The molecule has 6 nitrogen and oxygen atoms in total. The van der Waals surface area contributed by atoms with Crippen molar-refractivity contribution in [2.24, 2.45) is 0 Å². The van der Waals surface area contributed by atoms with E-state index in [1.54, 1.807) is 30.5 Å².